The first-order valence-electron chi connectivity index (χ1n) is 6.98. The highest BCUT2D eigenvalue weighted by atomic mass is 79.9. The van der Waals surface area contributed by atoms with Crippen LogP contribution < -0.4 is 4.74 Å². The molecular formula is C16H15BrF3N3O. The number of hydrogen-bond donors (Lipinski definition) is 0. The lowest BCUT2D eigenvalue weighted by Gasteiger charge is -2.19. The minimum Gasteiger partial charge on any atom is -0.497 e. The Labute approximate surface area is 146 Å². The second kappa shape index (κ2) is 6.48. The molecule has 1 aromatic carbocycles. The fourth-order valence-electron chi connectivity index (χ4n) is 2.35. The van der Waals surface area contributed by atoms with Gasteiger partial charge in [-0.1, -0.05) is 12.1 Å². The molecule has 0 unspecified atom stereocenters. The van der Waals surface area contributed by atoms with Crippen molar-refractivity contribution in [2.24, 2.45) is 0 Å². The first-order chi connectivity index (χ1) is 11.1. The molecule has 0 amide bonds. The molecule has 0 fully saturated rings. The number of methoxy groups -OCH3 is 1. The first-order valence-corrected chi connectivity index (χ1v) is 7.77. The molecule has 0 spiro atoms. The van der Waals surface area contributed by atoms with Gasteiger partial charge in [-0.2, -0.15) is 23.5 Å². The van der Waals surface area contributed by atoms with E-state index in [0.717, 1.165) is 4.68 Å². The van der Waals surface area contributed by atoms with Crippen molar-refractivity contribution in [3.8, 4) is 11.8 Å². The van der Waals surface area contributed by atoms with Crippen LogP contribution in [0.15, 0.2) is 28.9 Å². The minimum atomic E-state index is -4.63. The average molecular weight is 402 g/mol. The number of rotatable bonds is 4. The van der Waals surface area contributed by atoms with Crippen LogP contribution in [0.1, 0.15) is 30.7 Å². The van der Waals surface area contributed by atoms with Crippen LogP contribution in [0.2, 0.25) is 0 Å². The molecule has 0 radical (unpaired) electrons. The highest BCUT2D eigenvalue weighted by Crippen LogP contribution is 2.41. The van der Waals surface area contributed by atoms with Crippen LogP contribution in [-0.4, -0.2) is 16.9 Å². The highest BCUT2D eigenvalue weighted by Gasteiger charge is 2.44. The van der Waals surface area contributed by atoms with Gasteiger partial charge in [0.1, 0.15) is 16.0 Å². The predicted octanol–water partition coefficient (Wildman–Crippen LogP) is 4.52. The fourth-order valence-corrected chi connectivity index (χ4v) is 3.22. The average Bonchev–Trinajstić information content (AvgIpc) is 2.85. The van der Waals surface area contributed by atoms with Gasteiger partial charge in [-0.15, -0.1) is 0 Å². The van der Waals surface area contributed by atoms with Gasteiger partial charge in [0.15, 0.2) is 0 Å². The summed E-state index contributed by atoms with van der Waals surface area (Å²) in [6.07, 6.45) is -4.63. The van der Waals surface area contributed by atoms with E-state index in [9.17, 15) is 18.4 Å². The molecule has 0 saturated carbocycles. The van der Waals surface area contributed by atoms with E-state index in [2.05, 4.69) is 21.0 Å². The van der Waals surface area contributed by atoms with Gasteiger partial charge >= 0.3 is 6.18 Å². The van der Waals surface area contributed by atoms with Crippen LogP contribution in [0.3, 0.4) is 0 Å². The molecule has 0 aliphatic rings. The number of hydrogen-bond acceptors (Lipinski definition) is 3. The second-order valence-corrected chi connectivity index (χ2v) is 6.51. The van der Waals surface area contributed by atoms with Crippen molar-refractivity contribution in [3.05, 3.63) is 45.7 Å². The molecular weight excluding hydrogens is 387 g/mol. The quantitative estimate of drug-likeness (QED) is 0.756. The maximum absolute atomic E-state index is 13.6. The van der Waals surface area contributed by atoms with Crippen molar-refractivity contribution in [1.29, 1.82) is 5.26 Å². The molecule has 0 aliphatic heterocycles. The molecule has 1 heterocycles. The third kappa shape index (κ3) is 3.56. The van der Waals surface area contributed by atoms with Crippen LogP contribution in [0.25, 0.3) is 0 Å². The van der Waals surface area contributed by atoms with Crippen LogP contribution >= 0.6 is 15.9 Å². The van der Waals surface area contributed by atoms with E-state index in [1.165, 1.54) is 21.0 Å². The number of nitriles is 1. The summed E-state index contributed by atoms with van der Waals surface area (Å²) >= 11 is 3.07. The van der Waals surface area contributed by atoms with Gasteiger partial charge in [0, 0.05) is 5.56 Å². The SMILES string of the molecule is COc1ccc(Cn2nc(Br)c(C(C)(C)C#N)c2C(F)(F)F)cc1. The molecule has 1 aromatic heterocycles. The molecule has 0 saturated heterocycles. The summed E-state index contributed by atoms with van der Waals surface area (Å²) in [5, 5.41) is 13.2. The van der Waals surface area contributed by atoms with Crippen molar-refractivity contribution < 1.29 is 17.9 Å². The zero-order chi connectivity index (χ0) is 18.1. The monoisotopic (exact) mass is 401 g/mol. The maximum atomic E-state index is 13.6. The summed E-state index contributed by atoms with van der Waals surface area (Å²) in [7, 11) is 1.51. The fraction of sp³-hybridized carbons (Fsp3) is 0.375. The molecule has 0 atom stereocenters. The highest BCUT2D eigenvalue weighted by molar-refractivity contribution is 9.10. The number of ether oxygens (including phenoxy) is 1. The number of nitrogens with zero attached hydrogens (tertiary/aromatic N) is 3. The number of benzene rings is 1. The van der Waals surface area contributed by atoms with E-state index < -0.39 is 17.3 Å². The molecule has 0 bridgehead atoms. The van der Waals surface area contributed by atoms with Crippen molar-refractivity contribution in [2.45, 2.75) is 32.0 Å². The van der Waals surface area contributed by atoms with E-state index in [-0.39, 0.29) is 16.7 Å². The third-order valence-electron chi connectivity index (χ3n) is 3.57. The Morgan fingerprint density at radius 1 is 1.25 bits per heavy atom. The Hall–Kier alpha value is -2.01. The Bertz CT molecular complexity index is 774. The number of aromatic nitrogens is 2. The van der Waals surface area contributed by atoms with Crippen LogP contribution in [0, 0.1) is 11.3 Å². The van der Waals surface area contributed by atoms with E-state index >= 15 is 0 Å². The Kier molecular flexibility index (Phi) is 4.95. The molecule has 128 valence electrons. The lowest BCUT2D eigenvalue weighted by molar-refractivity contribution is -0.145. The summed E-state index contributed by atoms with van der Waals surface area (Å²) in [6.45, 7) is 2.79. The van der Waals surface area contributed by atoms with Gasteiger partial charge in [0.2, 0.25) is 0 Å². The summed E-state index contributed by atoms with van der Waals surface area (Å²) in [6, 6.07) is 8.58. The molecule has 0 N–H and O–H groups in total. The van der Waals surface area contributed by atoms with Crippen molar-refractivity contribution >= 4 is 15.9 Å². The Morgan fingerprint density at radius 2 is 1.83 bits per heavy atom. The number of halogens is 4. The summed E-state index contributed by atoms with van der Waals surface area (Å²) < 4.78 is 46.7. The summed E-state index contributed by atoms with van der Waals surface area (Å²) in [5.41, 5.74) is -1.78. The summed E-state index contributed by atoms with van der Waals surface area (Å²) in [5.74, 6) is 0.614. The predicted molar refractivity (Wildman–Crippen MR) is 85.7 cm³/mol. The van der Waals surface area contributed by atoms with E-state index in [0.29, 0.717) is 11.3 Å². The molecule has 0 aliphatic carbocycles. The van der Waals surface area contributed by atoms with E-state index in [4.69, 9.17) is 4.74 Å². The normalized spacial score (nSPS) is 12.1. The lowest BCUT2D eigenvalue weighted by Crippen LogP contribution is -2.23. The van der Waals surface area contributed by atoms with Gasteiger partial charge < -0.3 is 4.74 Å². The second-order valence-electron chi connectivity index (χ2n) is 5.75. The van der Waals surface area contributed by atoms with E-state index in [1.807, 2.05) is 6.07 Å². The van der Waals surface area contributed by atoms with E-state index in [1.54, 1.807) is 24.3 Å². The topological polar surface area (TPSA) is 50.8 Å². The maximum Gasteiger partial charge on any atom is 0.433 e. The smallest absolute Gasteiger partial charge is 0.433 e. The van der Waals surface area contributed by atoms with Crippen LogP contribution in [0.4, 0.5) is 13.2 Å². The zero-order valence-corrected chi connectivity index (χ0v) is 14.9. The molecule has 4 nitrogen and oxygen atoms in total. The van der Waals surface area contributed by atoms with Crippen LogP contribution in [-0.2, 0) is 18.1 Å². The van der Waals surface area contributed by atoms with Crippen molar-refractivity contribution in [2.75, 3.05) is 7.11 Å². The summed E-state index contributed by atoms with van der Waals surface area (Å²) in [4.78, 5) is 0. The molecule has 2 rings (SSSR count). The van der Waals surface area contributed by atoms with Gasteiger partial charge in [-0.3, -0.25) is 4.68 Å². The van der Waals surface area contributed by atoms with Gasteiger partial charge in [0.25, 0.3) is 0 Å². The van der Waals surface area contributed by atoms with Gasteiger partial charge in [-0.05, 0) is 47.5 Å². The van der Waals surface area contributed by atoms with Crippen LogP contribution in [0.5, 0.6) is 5.75 Å². The van der Waals surface area contributed by atoms with Crippen molar-refractivity contribution in [3.63, 3.8) is 0 Å². The van der Waals surface area contributed by atoms with Crippen molar-refractivity contribution in [1.82, 2.24) is 9.78 Å². The standard InChI is InChI=1S/C16H15BrF3N3O/c1-15(2,9-21)12-13(16(18,19)20)23(22-14(12)17)8-10-4-6-11(24-3)7-5-10/h4-7H,8H2,1-3H3. The molecule has 24 heavy (non-hydrogen) atoms. The number of alkyl halides is 3. The molecule has 2 aromatic rings. The molecule has 8 heteroatoms. The Balaban J connectivity index is 2.54. The van der Waals surface area contributed by atoms with Gasteiger partial charge in [0.05, 0.1) is 25.1 Å². The zero-order valence-electron chi connectivity index (χ0n) is 13.3. The Morgan fingerprint density at radius 3 is 2.29 bits per heavy atom. The minimum absolute atomic E-state index is 0.0230. The lowest BCUT2D eigenvalue weighted by atomic mass is 9.86. The first kappa shape index (κ1) is 18.3. The van der Waals surface area contributed by atoms with Gasteiger partial charge in [-0.25, -0.2) is 0 Å². The third-order valence-corrected chi connectivity index (χ3v) is 4.13. The largest absolute Gasteiger partial charge is 0.497 e.